The maximum Gasteiger partial charge on any atom is 0.343 e. The first-order valence-corrected chi connectivity index (χ1v) is 14.1. The van der Waals surface area contributed by atoms with Gasteiger partial charge in [-0.1, -0.05) is 95.4 Å². The number of aryl methyl sites for hydroxylation is 1. The van der Waals surface area contributed by atoms with E-state index in [0.717, 1.165) is 38.4 Å². The number of carbonyl (C=O) groups excluding carboxylic acids is 1. The highest BCUT2D eigenvalue weighted by atomic mass is 35.6. The van der Waals surface area contributed by atoms with Gasteiger partial charge in [-0.3, -0.25) is 4.79 Å². The van der Waals surface area contributed by atoms with E-state index in [2.05, 4.69) is 10.1 Å². The minimum Gasteiger partial charge on any atom is -0.462 e. The molecule has 3 aromatic heterocycles. The molecule has 3 heterocycles. The maximum atomic E-state index is 13.0. The molecule has 0 amide bonds. The summed E-state index contributed by atoms with van der Waals surface area (Å²) in [5.74, 6) is -0.418. The van der Waals surface area contributed by atoms with Crippen molar-refractivity contribution in [3.8, 4) is 22.5 Å². The smallest absolute Gasteiger partial charge is 0.343 e. The van der Waals surface area contributed by atoms with Crippen LogP contribution in [0.15, 0.2) is 70.1 Å². The first kappa shape index (κ1) is 27.4. The van der Waals surface area contributed by atoms with Gasteiger partial charge < -0.3 is 13.8 Å². The summed E-state index contributed by atoms with van der Waals surface area (Å²) in [6.45, 7) is 4.41. The van der Waals surface area contributed by atoms with Crippen LogP contribution in [0, 0.1) is 0 Å². The van der Waals surface area contributed by atoms with E-state index in [1.165, 1.54) is 0 Å². The summed E-state index contributed by atoms with van der Waals surface area (Å²) in [5.41, 5.74) is 3.24. The summed E-state index contributed by atoms with van der Waals surface area (Å²) in [7, 11) is 0. The number of nitrogens with zero attached hydrogens (tertiary/aromatic N) is 3. The first-order valence-electron chi connectivity index (χ1n) is 12.1. The second-order valence-electron chi connectivity index (χ2n) is 8.67. The average Bonchev–Trinajstić information content (AvgIpc) is 3.59. The van der Waals surface area contributed by atoms with E-state index in [4.69, 9.17) is 44.1 Å². The Balaban J connectivity index is 1.49. The number of esters is 1. The third kappa shape index (κ3) is 5.61. The SMILES string of the molecule is CCOC(=O)c1cn(Cc2ccc(-c3ccccc3-c3noc(C(Cl)(Cl)Cl)n3)cc2)c2sc(CC)cc2c1=O. The molecular weight excluding hydrogens is 581 g/mol. The standard InChI is InChI=1S/C28H22Cl3N3O4S/c1-3-18-13-21-23(35)22(26(36)37-4-2)15-34(25(21)39-18)14-16-9-11-17(12-10-16)19-7-5-6-8-20(19)24-32-27(38-33-24)28(29,30)31/h5-13,15H,3-4,14H2,1-2H3. The predicted octanol–water partition coefficient (Wildman–Crippen LogP) is 7.39. The molecule has 0 radical (unpaired) electrons. The summed E-state index contributed by atoms with van der Waals surface area (Å²) in [6, 6.07) is 17.4. The minimum atomic E-state index is -1.82. The largest absolute Gasteiger partial charge is 0.462 e. The molecule has 0 saturated carbocycles. The fourth-order valence-corrected chi connectivity index (χ4v) is 5.53. The molecular formula is C28H22Cl3N3O4S. The fraction of sp³-hybridized carbons (Fsp3) is 0.214. The van der Waals surface area contributed by atoms with Crippen molar-refractivity contribution in [3.05, 3.63) is 92.9 Å². The number of hydrogen-bond donors (Lipinski definition) is 0. The van der Waals surface area contributed by atoms with E-state index in [1.54, 1.807) is 24.5 Å². The van der Waals surface area contributed by atoms with E-state index in [9.17, 15) is 9.59 Å². The topological polar surface area (TPSA) is 87.2 Å². The zero-order chi connectivity index (χ0) is 27.7. The van der Waals surface area contributed by atoms with Gasteiger partial charge in [0.2, 0.25) is 11.3 Å². The Morgan fingerprint density at radius 2 is 1.79 bits per heavy atom. The highest BCUT2D eigenvalue weighted by Gasteiger charge is 2.31. The number of fused-ring (bicyclic) bond motifs is 1. The van der Waals surface area contributed by atoms with Crippen LogP contribution in [-0.2, 0) is 21.5 Å². The van der Waals surface area contributed by atoms with Gasteiger partial charge >= 0.3 is 5.97 Å². The van der Waals surface area contributed by atoms with E-state index in [0.29, 0.717) is 17.8 Å². The number of alkyl halides is 3. The Hall–Kier alpha value is -3.17. The van der Waals surface area contributed by atoms with Gasteiger partial charge in [-0.15, -0.1) is 11.3 Å². The first-order chi connectivity index (χ1) is 18.7. The number of halogens is 3. The number of ether oxygens (including phenoxy) is 1. The Labute approximate surface area is 242 Å². The zero-order valence-corrected chi connectivity index (χ0v) is 24.0. The van der Waals surface area contributed by atoms with Gasteiger partial charge in [-0.05, 0) is 36.1 Å². The van der Waals surface area contributed by atoms with Gasteiger partial charge in [0.25, 0.3) is 9.68 Å². The van der Waals surface area contributed by atoms with Crippen molar-refractivity contribution in [1.29, 1.82) is 0 Å². The predicted molar refractivity (Wildman–Crippen MR) is 155 cm³/mol. The van der Waals surface area contributed by atoms with E-state index >= 15 is 0 Å². The van der Waals surface area contributed by atoms with Crippen molar-refractivity contribution in [2.24, 2.45) is 0 Å². The lowest BCUT2D eigenvalue weighted by Crippen LogP contribution is -2.20. The van der Waals surface area contributed by atoms with E-state index < -0.39 is 9.76 Å². The molecule has 0 N–H and O–H groups in total. The highest BCUT2D eigenvalue weighted by molar-refractivity contribution is 7.18. The van der Waals surface area contributed by atoms with Gasteiger partial charge in [-0.2, -0.15) is 4.98 Å². The third-order valence-corrected chi connectivity index (χ3v) is 7.90. The summed E-state index contributed by atoms with van der Waals surface area (Å²) in [4.78, 5) is 31.7. The summed E-state index contributed by atoms with van der Waals surface area (Å²) >= 11 is 19.2. The Bertz CT molecular complexity index is 1720. The number of rotatable bonds is 7. The van der Waals surface area contributed by atoms with Gasteiger partial charge in [-0.25, -0.2) is 4.79 Å². The van der Waals surface area contributed by atoms with Crippen LogP contribution in [0.3, 0.4) is 0 Å². The van der Waals surface area contributed by atoms with Gasteiger partial charge in [0.05, 0.1) is 12.0 Å². The normalized spacial score (nSPS) is 11.7. The van der Waals surface area contributed by atoms with Gasteiger partial charge in [0, 0.05) is 23.2 Å². The molecule has 0 aliphatic rings. The molecule has 39 heavy (non-hydrogen) atoms. The molecule has 0 aliphatic heterocycles. The molecule has 0 bridgehead atoms. The molecule has 0 unspecified atom stereocenters. The number of benzene rings is 2. The maximum absolute atomic E-state index is 13.0. The third-order valence-electron chi connectivity index (χ3n) is 6.10. The van der Waals surface area contributed by atoms with Gasteiger partial charge in [0.1, 0.15) is 10.4 Å². The second kappa shape index (κ2) is 11.1. The number of carbonyl (C=O) groups is 1. The molecule has 7 nitrogen and oxygen atoms in total. The zero-order valence-electron chi connectivity index (χ0n) is 20.9. The molecule has 2 aromatic carbocycles. The van der Waals surface area contributed by atoms with Crippen LogP contribution in [-0.4, -0.2) is 27.3 Å². The van der Waals surface area contributed by atoms with E-state index in [-0.39, 0.29) is 23.5 Å². The van der Waals surface area contributed by atoms with Crippen LogP contribution >= 0.6 is 46.1 Å². The molecule has 0 aliphatic carbocycles. The summed E-state index contributed by atoms with van der Waals surface area (Å²) < 4.78 is 10.4. The minimum absolute atomic E-state index is 0.0321. The second-order valence-corrected chi connectivity index (χ2v) is 12.1. The lowest BCUT2D eigenvalue weighted by atomic mass is 9.98. The van der Waals surface area contributed by atoms with Crippen LogP contribution in [0.25, 0.3) is 32.7 Å². The number of thiophene rings is 1. The van der Waals surface area contributed by atoms with Crippen LogP contribution < -0.4 is 5.43 Å². The molecule has 200 valence electrons. The van der Waals surface area contributed by atoms with E-state index in [1.807, 2.05) is 66.1 Å². The lowest BCUT2D eigenvalue weighted by Gasteiger charge is -2.12. The highest BCUT2D eigenvalue weighted by Crippen LogP contribution is 2.39. The van der Waals surface area contributed by atoms with Gasteiger partial charge in [0.15, 0.2) is 0 Å². The van der Waals surface area contributed by atoms with Crippen LogP contribution in [0.5, 0.6) is 0 Å². The number of pyridine rings is 1. The van der Waals surface area contributed by atoms with Crippen molar-refractivity contribution in [2.75, 3.05) is 6.61 Å². The number of hydrogen-bond acceptors (Lipinski definition) is 7. The average molecular weight is 603 g/mol. The summed E-state index contributed by atoms with van der Waals surface area (Å²) in [6.07, 6.45) is 2.39. The Morgan fingerprint density at radius 3 is 2.44 bits per heavy atom. The molecule has 0 saturated heterocycles. The molecule has 11 heteroatoms. The van der Waals surface area contributed by atoms with Crippen molar-refractivity contribution in [1.82, 2.24) is 14.7 Å². The van der Waals surface area contributed by atoms with Crippen LogP contribution in [0.4, 0.5) is 0 Å². The molecule has 0 spiro atoms. The molecule has 5 aromatic rings. The lowest BCUT2D eigenvalue weighted by molar-refractivity contribution is 0.0524. The van der Waals surface area contributed by atoms with Crippen LogP contribution in [0.2, 0.25) is 0 Å². The monoisotopic (exact) mass is 601 g/mol. The quantitative estimate of drug-likeness (QED) is 0.143. The molecule has 0 atom stereocenters. The fourth-order valence-electron chi connectivity index (χ4n) is 4.24. The molecule has 5 rings (SSSR count). The van der Waals surface area contributed by atoms with Crippen molar-refractivity contribution >= 4 is 62.3 Å². The van der Waals surface area contributed by atoms with Crippen molar-refractivity contribution in [3.63, 3.8) is 0 Å². The summed E-state index contributed by atoms with van der Waals surface area (Å²) in [5, 5.41) is 4.52. The van der Waals surface area contributed by atoms with Crippen molar-refractivity contribution in [2.45, 2.75) is 30.6 Å². The number of aromatic nitrogens is 3. The van der Waals surface area contributed by atoms with Crippen LogP contribution in [0.1, 0.15) is 40.5 Å². The Morgan fingerprint density at radius 1 is 1.08 bits per heavy atom. The Kier molecular flexibility index (Phi) is 7.82. The van der Waals surface area contributed by atoms with Crippen molar-refractivity contribution < 1.29 is 14.1 Å². The molecule has 0 fully saturated rings.